The Morgan fingerprint density at radius 2 is 1.36 bits per heavy atom. The fraction of sp³-hybridized carbons (Fsp3) is 0.433. The lowest BCUT2D eigenvalue weighted by atomic mass is 9.79. The van der Waals surface area contributed by atoms with Crippen LogP contribution in [0.4, 0.5) is 33.6 Å². The molecule has 2 fully saturated rings. The number of aromatic nitrogens is 3. The van der Waals surface area contributed by atoms with Crippen LogP contribution in [-0.2, 0) is 44.8 Å². The maximum Gasteiger partial charge on any atom is 0.252 e. The number of amides is 5. The van der Waals surface area contributed by atoms with E-state index in [-0.39, 0.29) is 62.9 Å². The van der Waals surface area contributed by atoms with Gasteiger partial charge in [0.2, 0.25) is 46.0 Å². The Morgan fingerprint density at radius 1 is 0.693 bits per heavy atom. The van der Waals surface area contributed by atoms with Crippen LogP contribution in [-0.4, -0.2) is 195 Å². The molecular weight excluding hydrogens is 1660 g/mol. The molecule has 2 aromatic heterocycles. The molecule has 5 aliphatic rings. The zero-order chi connectivity index (χ0) is 89.5. The molecule has 0 radical (unpaired) electrons. The van der Waals surface area contributed by atoms with Crippen molar-refractivity contribution in [1.82, 2.24) is 46.4 Å². The van der Waals surface area contributed by atoms with Gasteiger partial charge in [0.15, 0.2) is 10.8 Å². The zero-order valence-corrected chi connectivity index (χ0v) is 76.2. The summed E-state index contributed by atoms with van der Waals surface area (Å²) in [4.78, 5) is 91.3. The van der Waals surface area contributed by atoms with Crippen LogP contribution in [0.5, 0.6) is 0 Å². The van der Waals surface area contributed by atoms with E-state index < -0.39 is 65.6 Å². The average molecular weight is 1780 g/mol. The predicted molar refractivity (Wildman–Crippen MR) is 502 cm³/mol. The number of hydrogen-bond acceptors (Lipinski definition) is 21. The van der Waals surface area contributed by atoms with E-state index >= 15 is 0 Å². The van der Waals surface area contributed by atoms with Crippen molar-refractivity contribution in [3.05, 3.63) is 209 Å². The maximum atomic E-state index is 14.9. The van der Waals surface area contributed by atoms with Gasteiger partial charge in [-0.2, -0.15) is 14.8 Å². The Kier molecular flexibility index (Phi) is 31.5. The van der Waals surface area contributed by atoms with Crippen molar-refractivity contribution in [3.8, 4) is 16.9 Å². The number of nitrogens with one attached hydrogen (secondary N) is 5. The number of anilines is 3. The van der Waals surface area contributed by atoms with Gasteiger partial charge >= 0.3 is 0 Å². The van der Waals surface area contributed by atoms with Crippen LogP contribution in [0.15, 0.2) is 213 Å². The molecule has 1 saturated carbocycles. The van der Waals surface area contributed by atoms with Gasteiger partial charge in [0, 0.05) is 179 Å². The van der Waals surface area contributed by atoms with Gasteiger partial charge in [0.05, 0.1) is 32.6 Å². The van der Waals surface area contributed by atoms with Crippen LogP contribution in [0.25, 0.3) is 39.0 Å². The van der Waals surface area contributed by atoms with E-state index in [0.717, 1.165) is 135 Å². The molecule has 5 N–H and O–H groups in total. The molecule has 6 aromatic carbocycles. The van der Waals surface area contributed by atoms with Crippen LogP contribution < -0.4 is 45.9 Å². The van der Waals surface area contributed by atoms with Crippen LogP contribution in [0.3, 0.4) is 0 Å². The smallest absolute Gasteiger partial charge is 0.252 e. The minimum atomic E-state index is -4.67. The molecule has 0 bridgehead atoms. The molecule has 0 spiro atoms. The number of hydrogen-bond donors (Lipinski definition) is 5. The van der Waals surface area contributed by atoms with Crippen molar-refractivity contribution in [2.45, 2.75) is 179 Å². The lowest BCUT2D eigenvalue weighted by molar-refractivity contribution is -0.538. The fourth-order valence-corrected chi connectivity index (χ4v) is 19.8. The highest BCUT2D eigenvalue weighted by atomic mass is 32.2. The molecule has 5 amide bonds. The highest BCUT2D eigenvalue weighted by molar-refractivity contribution is 7.86. The third-order valence-corrected chi connectivity index (χ3v) is 27.9. The number of likely N-dealkylation sites (N-methyl/N-ethyl adjacent to an activating group) is 1. The highest BCUT2D eigenvalue weighted by Crippen LogP contribution is 2.51. The molecule has 5 heterocycles. The minimum absolute atomic E-state index is 0. The minimum Gasteiger partial charge on any atom is -0.747 e. The van der Waals surface area contributed by atoms with Crippen LogP contribution in [0.1, 0.15) is 168 Å². The van der Waals surface area contributed by atoms with Gasteiger partial charge in [-0.3, -0.25) is 24.0 Å². The summed E-state index contributed by atoms with van der Waals surface area (Å²) < 4.78 is 77.5. The Balaban J connectivity index is 0.0000146. The first-order chi connectivity index (χ1) is 60.5. The number of para-hydroxylation sites is 1. The lowest BCUT2D eigenvalue weighted by Crippen LogP contribution is -2.62. The van der Waals surface area contributed by atoms with Crippen molar-refractivity contribution < 1.29 is 59.1 Å². The summed E-state index contributed by atoms with van der Waals surface area (Å²) in [7, 11) is -5.19. The summed E-state index contributed by atoms with van der Waals surface area (Å²) in [6.45, 7) is 22.1. The molecule has 674 valence electrons. The Hall–Kier alpha value is -11.2. The quantitative estimate of drug-likeness (QED) is 0.00599. The average Bonchev–Trinajstić information content (AvgIpc) is 1.50. The van der Waals surface area contributed by atoms with E-state index in [0.29, 0.717) is 107 Å². The van der Waals surface area contributed by atoms with E-state index in [4.69, 9.17) is 9.97 Å². The third kappa shape index (κ3) is 22.9. The molecule has 2 aliphatic carbocycles. The summed E-state index contributed by atoms with van der Waals surface area (Å²) in [6, 6.07) is 41.2. The van der Waals surface area contributed by atoms with E-state index in [2.05, 4.69) is 122 Å². The normalized spacial score (nSPS) is 17.4. The molecule has 1 unspecified atom stereocenters. The summed E-state index contributed by atoms with van der Waals surface area (Å²) in [5.74, 6) is -1.62. The molecule has 27 nitrogen and oxygen atoms in total. The first kappa shape index (κ1) is 95.0. The number of azo groups is 1. The Bertz CT molecular complexity index is 5770. The Morgan fingerprint density at radius 3 is 2.06 bits per heavy atom. The van der Waals surface area contributed by atoms with Crippen molar-refractivity contribution in [2.75, 3.05) is 107 Å². The molecule has 2 atom stereocenters. The monoisotopic (exact) mass is 1780 g/mol. The number of rotatable bonds is 38. The molecule has 13 rings (SSSR count). The van der Waals surface area contributed by atoms with E-state index in [1.165, 1.54) is 18.2 Å². The first-order valence-corrected chi connectivity index (χ1v) is 47.9. The van der Waals surface area contributed by atoms with Crippen molar-refractivity contribution in [1.29, 1.82) is 0 Å². The summed E-state index contributed by atoms with van der Waals surface area (Å²) in [6.07, 6.45) is 20.1. The van der Waals surface area contributed by atoms with Gasteiger partial charge in [-0.1, -0.05) is 102 Å². The summed E-state index contributed by atoms with van der Waals surface area (Å²) in [5.41, 5.74) is 12.7. The second-order valence-electron chi connectivity index (χ2n) is 34.3. The van der Waals surface area contributed by atoms with Crippen molar-refractivity contribution in [3.63, 3.8) is 0 Å². The molecule has 8 aromatic rings. The molecule has 30 heteroatoms. The topological polar surface area (TPSA) is 333 Å². The molecule has 127 heavy (non-hydrogen) atoms. The second-order valence-corrected chi connectivity index (χ2v) is 38.1. The number of thiazole rings is 1. The van der Waals surface area contributed by atoms with Gasteiger partial charge in [0.1, 0.15) is 49.4 Å². The van der Waals surface area contributed by atoms with Crippen molar-refractivity contribution >= 4 is 122 Å². The number of piperazine rings is 1. The number of carbonyl (C=O) groups is 5. The first-order valence-electron chi connectivity index (χ1n) is 44.2. The number of nitrogens with zero attached hydrogens (tertiary/aromatic N) is 11. The van der Waals surface area contributed by atoms with Gasteiger partial charge in [0.25, 0.3) is 5.91 Å². The molecule has 1 saturated heterocycles. The van der Waals surface area contributed by atoms with Gasteiger partial charge in [-0.15, -0.1) is 15.9 Å². The summed E-state index contributed by atoms with van der Waals surface area (Å²) >= 11 is 1.60. The van der Waals surface area contributed by atoms with E-state index in [9.17, 15) is 49.9 Å². The Labute approximate surface area is 751 Å². The van der Waals surface area contributed by atoms with Crippen LogP contribution in [0.2, 0.25) is 0 Å². The van der Waals surface area contributed by atoms with Crippen molar-refractivity contribution in [2.24, 2.45) is 15.6 Å². The van der Waals surface area contributed by atoms with E-state index in [1.807, 2.05) is 150 Å². The third-order valence-electron chi connectivity index (χ3n) is 25.1. The summed E-state index contributed by atoms with van der Waals surface area (Å²) in [5, 5.41) is 26.2. The number of benzene rings is 6. The van der Waals surface area contributed by atoms with Crippen LogP contribution in [0, 0.1) is 5.41 Å². The van der Waals surface area contributed by atoms with E-state index in [1.54, 1.807) is 35.6 Å². The van der Waals surface area contributed by atoms with Gasteiger partial charge in [-0.05, 0) is 190 Å². The second kappa shape index (κ2) is 42.2. The van der Waals surface area contributed by atoms with Gasteiger partial charge in [-0.25, -0.2) is 26.8 Å². The number of fused-ring (bicyclic) bond motifs is 3. The SMILES string of the molecule is C.CCN(CC)c1ccc2nc3ccc(N=Nc4ccc(N(C)CCCC(=O)NCCCC[C@H](NC(=O)C5(NC(=O)c6ccc(-c7csc(N8CCN(C)CC8)n7)cc6)CCCCC5)C(=O)NCCNC(=O)CCCCCN5C6=C(CC(S(=O)(=O)[O-])C=C6)C(C)(C)/C5=C/C=C/C=C/C5=[N+](CC)c6ccc(S(=O)(=O)[O-])cc6C5(C)C)cc4)cc3[n+](-c3ccccc3)c2c1. The van der Waals surface area contributed by atoms with Gasteiger partial charge < -0.3 is 60.2 Å². The fourth-order valence-electron chi connectivity index (χ4n) is 17.8. The highest BCUT2D eigenvalue weighted by Gasteiger charge is 2.47. The number of allylic oxidation sites excluding steroid dienone is 7. The maximum absolute atomic E-state index is 14.9. The lowest BCUT2D eigenvalue weighted by Gasteiger charge is -2.37. The number of carbonyl (C=O) groups excluding carboxylic acids is 5. The molecular formula is C97H122N16O11S3. The zero-order valence-electron chi connectivity index (χ0n) is 73.7. The predicted octanol–water partition coefficient (Wildman–Crippen LogP) is 14.8. The number of unbranched alkanes of at least 4 members (excludes halogenated alkanes) is 3. The molecule has 3 aliphatic heterocycles. The largest absolute Gasteiger partial charge is 0.747 e. The standard InChI is InChI=1S/C96H118N16O11S3.CH4/c1-10-108(11-2)73-44-48-79-85(63-73)112(72-28-17-13-18-29-72)84-62-70(41-47-78(84)100-79)105-104-69-39-42-71(43-40-69)107(9)56-27-34-89(114)97-53-25-22-30-80(101-92(117)96(51-23-16-24-52-96)103-90(115)68-37-35-67(36-38-68)81-66-124-93(102-81)109-60-58-106(8)59-61-109)91(116)99-55-54-98-88(113)33-21-15-26-57-111-83-50-46-75(126(121,122)123)65-77(83)95(6,7)87(111)32-20-14-19-31-86-94(4,5)76-64-74(125(118,119)120)45-49-82(76)110(86)12-3;/h13-14,17-20,28-29,31-32,35-50,62-64,66,75,80H,10-12,15-16,21-27,30,33-34,51-61,65H2,1-9H3,(H5-2,97,98,99,101,103,113,114,115,116,117,118,119,120,121,122,123);1H4/t75?,80-;/m0./s1. The van der Waals surface area contributed by atoms with Crippen LogP contribution >= 0.6 is 11.3 Å².